The minimum Gasteiger partial charge on any atom is -0.362 e. The number of rotatable bonds is 5. The average molecular weight is 1210 g/mol. The standard InChI is InChI=1S/C33H44N6O3S.C33H42N6O3S/c2*1-21(2)17-22-11-14-25(34-19-22)26-15-12-23-18-33(6,7)39(20-23)30-24(13-16-27(36-30)32(3,4)5)31(40)38-43(41,42)29-10-8-9-28(35-26)37-29/h8-11,13-14,16,19,21,23,26H,12,15,17-18,20H2,1-7H3,(H,35,37)(H,38,40);8-11,13-14,16-17,19,23,26H,12,15,18,20H2,1-7H3,(H,35,37)(H,38,40)/t2*23-,26?/m00/s1. The van der Waals surface area contributed by atoms with Gasteiger partial charge in [-0.3, -0.25) is 19.6 Å². The Morgan fingerprint density at radius 2 is 1.03 bits per heavy atom. The molecule has 10 rings (SSSR count). The first-order chi connectivity index (χ1) is 40.2. The number of nitrogens with one attached hydrogen (secondary N) is 4. The highest BCUT2D eigenvalue weighted by atomic mass is 32.2. The van der Waals surface area contributed by atoms with Crippen LogP contribution in [0.25, 0.3) is 6.08 Å². The van der Waals surface area contributed by atoms with E-state index in [1.54, 1.807) is 36.4 Å². The molecule has 2 unspecified atom stereocenters. The number of anilines is 4. The van der Waals surface area contributed by atoms with Crippen molar-refractivity contribution in [3.05, 3.63) is 148 Å². The van der Waals surface area contributed by atoms with Gasteiger partial charge in [-0.1, -0.05) is 91.3 Å². The van der Waals surface area contributed by atoms with Crippen LogP contribution in [0.15, 0.2) is 113 Å². The molecule has 6 aromatic heterocycles. The first-order valence-corrected chi connectivity index (χ1v) is 33.0. The number of fused-ring (bicyclic) bond motifs is 12. The molecule has 20 heteroatoms. The van der Waals surface area contributed by atoms with Crippen molar-refractivity contribution in [3.8, 4) is 0 Å². The molecule has 458 valence electrons. The summed E-state index contributed by atoms with van der Waals surface area (Å²) in [4.78, 5) is 60.0. The molecule has 2 fully saturated rings. The number of carbonyl (C=O) groups excluding carboxylic acids is 2. The molecular weight excluding hydrogens is 1120 g/mol. The van der Waals surface area contributed by atoms with E-state index in [0.29, 0.717) is 54.1 Å². The van der Waals surface area contributed by atoms with Crippen LogP contribution in [0.1, 0.15) is 202 Å². The van der Waals surface area contributed by atoms with E-state index in [9.17, 15) is 26.4 Å². The van der Waals surface area contributed by atoms with Crippen LogP contribution in [0.2, 0.25) is 0 Å². The van der Waals surface area contributed by atoms with E-state index >= 15 is 0 Å². The third-order valence-electron chi connectivity index (χ3n) is 16.5. The van der Waals surface area contributed by atoms with E-state index in [2.05, 4.69) is 155 Å². The van der Waals surface area contributed by atoms with Gasteiger partial charge in [0.1, 0.15) is 23.3 Å². The van der Waals surface area contributed by atoms with E-state index in [-0.39, 0.29) is 55.2 Å². The summed E-state index contributed by atoms with van der Waals surface area (Å²) in [6.07, 6.45) is 12.0. The largest absolute Gasteiger partial charge is 0.362 e. The van der Waals surface area contributed by atoms with E-state index < -0.39 is 31.9 Å². The van der Waals surface area contributed by atoms with Crippen LogP contribution in [0.4, 0.5) is 23.3 Å². The fraction of sp³-hybridized carbons (Fsp3) is 0.485. The number of amides is 2. The molecule has 10 heterocycles. The summed E-state index contributed by atoms with van der Waals surface area (Å²) in [5, 5.41) is 6.42. The summed E-state index contributed by atoms with van der Waals surface area (Å²) >= 11 is 0. The number of allylic oxidation sites excluding steroid dienone is 1. The molecule has 4 atom stereocenters. The zero-order valence-corrected chi connectivity index (χ0v) is 54.0. The maximum atomic E-state index is 13.6. The maximum Gasteiger partial charge on any atom is 0.281 e. The van der Waals surface area contributed by atoms with Crippen molar-refractivity contribution in [2.75, 3.05) is 33.5 Å². The van der Waals surface area contributed by atoms with Gasteiger partial charge in [0.05, 0.1) is 34.6 Å². The highest BCUT2D eigenvalue weighted by Crippen LogP contribution is 2.43. The van der Waals surface area contributed by atoms with Crippen LogP contribution < -0.4 is 29.9 Å². The highest BCUT2D eigenvalue weighted by molar-refractivity contribution is 7.90. The Morgan fingerprint density at radius 3 is 1.42 bits per heavy atom. The number of hydrogen-bond acceptors (Lipinski definition) is 16. The summed E-state index contributed by atoms with van der Waals surface area (Å²) in [6, 6.07) is 24.4. The third kappa shape index (κ3) is 14.7. The number of hydrogen-bond donors (Lipinski definition) is 4. The van der Waals surface area contributed by atoms with E-state index in [1.165, 1.54) is 23.3 Å². The van der Waals surface area contributed by atoms with Crippen molar-refractivity contribution in [1.29, 1.82) is 0 Å². The second kappa shape index (κ2) is 24.4. The Balaban J connectivity index is 0.000000205. The Hall–Kier alpha value is -7.32. The Kier molecular flexibility index (Phi) is 18.0. The molecule has 8 bridgehead atoms. The van der Waals surface area contributed by atoms with Crippen LogP contribution in [0.3, 0.4) is 0 Å². The summed E-state index contributed by atoms with van der Waals surface area (Å²) in [5.41, 5.74) is 6.19. The topological polar surface area (TPSA) is 234 Å². The predicted molar refractivity (Wildman–Crippen MR) is 340 cm³/mol. The lowest BCUT2D eigenvalue weighted by atomic mass is 9.90. The molecule has 0 spiro atoms. The average Bonchev–Trinajstić information content (AvgIpc) is 1.65. The lowest BCUT2D eigenvalue weighted by molar-refractivity contribution is 0.0972. The van der Waals surface area contributed by atoms with Gasteiger partial charge in [0.2, 0.25) is 0 Å². The van der Waals surface area contributed by atoms with E-state index in [4.69, 9.17) is 19.9 Å². The zero-order valence-electron chi connectivity index (χ0n) is 52.4. The number of sulfonamides is 2. The number of carbonyl (C=O) groups is 2. The van der Waals surface area contributed by atoms with Crippen molar-refractivity contribution >= 4 is 61.2 Å². The molecule has 4 aliphatic heterocycles. The minimum atomic E-state index is -4.27. The smallest absolute Gasteiger partial charge is 0.281 e. The highest BCUT2D eigenvalue weighted by Gasteiger charge is 2.44. The van der Waals surface area contributed by atoms with Gasteiger partial charge in [-0.25, -0.2) is 29.4 Å². The van der Waals surface area contributed by atoms with Gasteiger partial charge < -0.3 is 20.4 Å². The molecule has 18 nitrogen and oxygen atoms in total. The number of pyridine rings is 6. The van der Waals surface area contributed by atoms with Crippen molar-refractivity contribution in [2.45, 2.75) is 186 Å². The van der Waals surface area contributed by atoms with Crippen LogP contribution in [0, 0.1) is 17.8 Å². The van der Waals surface area contributed by atoms with Crippen molar-refractivity contribution < 1.29 is 26.4 Å². The molecule has 4 aliphatic rings. The van der Waals surface area contributed by atoms with Crippen molar-refractivity contribution in [1.82, 2.24) is 39.3 Å². The first kappa shape index (κ1) is 63.2. The SMILES string of the molecule is CC(C)=Cc1ccc(C2CC[C@@H]3CN(c4nc(C(C)(C)C)ccc4C(=O)NS(=O)(=O)c4cccc(n4)N2)C(C)(C)C3)nc1.CC(C)Cc1ccc(C2CC[C@@H]3CN(c4nc(C(C)(C)C)ccc4C(=O)NS(=O)(=O)c4cccc(n4)N2)C(C)(C)C3)nc1. The zero-order chi connectivity index (χ0) is 62.3. The third-order valence-corrected chi connectivity index (χ3v) is 19.0. The van der Waals surface area contributed by atoms with E-state index in [0.717, 1.165) is 73.3 Å². The molecule has 6 aromatic rings. The number of nitrogens with zero attached hydrogens (tertiary/aromatic N) is 8. The van der Waals surface area contributed by atoms with Crippen molar-refractivity contribution in [2.24, 2.45) is 17.8 Å². The fourth-order valence-corrected chi connectivity index (χ4v) is 14.0. The molecule has 2 saturated heterocycles. The Bertz CT molecular complexity index is 3740. The van der Waals surface area contributed by atoms with Gasteiger partial charge in [0.25, 0.3) is 31.9 Å². The van der Waals surface area contributed by atoms with Gasteiger partial charge in [-0.15, -0.1) is 0 Å². The maximum absolute atomic E-state index is 13.6. The molecule has 2 amide bonds. The monoisotopic (exact) mass is 1210 g/mol. The van der Waals surface area contributed by atoms with E-state index in [1.807, 2.05) is 36.7 Å². The number of aromatic nitrogens is 6. The van der Waals surface area contributed by atoms with Gasteiger partial charge in [0, 0.05) is 58.8 Å². The second-order valence-corrected chi connectivity index (χ2v) is 30.9. The van der Waals surface area contributed by atoms with Crippen LogP contribution in [0.5, 0.6) is 0 Å². The molecule has 0 aliphatic carbocycles. The molecule has 0 radical (unpaired) electrons. The van der Waals surface area contributed by atoms with Crippen LogP contribution >= 0.6 is 0 Å². The molecule has 0 saturated carbocycles. The first-order valence-electron chi connectivity index (χ1n) is 30.0. The molecular formula is C66H86N12O6S2. The lowest BCUT2D eigenvalue weighted by Gasteiger charge is -2.34. The van der Waals surface area contributed by atoms with Crippen LogP contribution in [-0.4, -0.2) is 82.7 Å². The lowest BCUT2D eigenvalue weighted by Crippen LogP contribution is -2.41. The summed E-state index contributed by atoms with van der Waals surface area (Å²) in [6.45, 7) is 31.0. The fourth-order valence-electron chi connectivity index (χ4n) is 12.2. The Morgan fingerprint density at radius 1 is 0.593 bits per heavy atom. The van der Waals surface area contributed by atoms with Crippen LogP contribution in [-0.2, 0) is 37.3 Å². The summed E-state index contributed by atoms with van der Waals surface area (Å²) < 4.78 is 58.3. The van der Waals surface area contributed by atoms with Gasteiger partial charge in [0.15, 0.2) is 10.1 Å². The Labute approximate surface area is 509 Å². The minimum absolute atomic E-state index is 0.173. The molecule has 86 heavy (non-hydrogen) atoms. The molecule has 0 aromatic carbocycles. The van der Waals surface area contributed by atoms with Crippen molar-refractivity contribution in [3.63, 3.8) is 0 Å². The summed E-state index contributed by atoms with van der Waals surface area (Å²) in [5.74, 6) is 1.58. The van der Waals surface area contributed by atoms with Gasteiger partial charge in [-0.2, -0.15) is 16.8 Å². The predicted octanol–water partition coefficient (Wildman–Crippen LogP) is 12.3. The molecule has 4 N–H and O–H groups in total. The normalized spacial score (nSPS) is 21.6. The quantitative estimate of drug-likeness (QED) is 0.126. The second-order valence-electron chi connectivity index (χ2n) is 27.7. The summed E-state index contributed by atoms with van der Waals surface area (Å²) in [7, 11) is -8.53. The van der Waals surface area contributed by atoms with Gasteiger partial charge >= 0.3 is 0 Å². The van der Waals surface area contributed by atoms with Gasteiger partial charge in [-0.05, 0) is 176 Å².